The van der Waals surface area contributed by atoms with Crippen molar-refractivity contribution in [1.29, 1.82) is 0 Å². The average Bonchev–Trinajstić information content (AvgIpc) is 2.42. The van der Waals surface area contributed by atoms with Gasteiger partial charge in [-0.3, -0.25) is 10.1 Å². The van der Waals surface area contributed by atoms with Crippen molar-refractivity contribution in [2.75, 3.05) is 0 Å². The summed E-state index contributed by atoms with van der Waals surface area (Å²) in [5.74, 6) is 0.617. The second-order valence-corrected chi connectivity index (χ2v) is 4.94. The number of pyridine rings is 1. The number of benzene rings is 1. The van der Waals surface area contributed by atoms with E-state index < -0.39 is 4.92 Å². The zero-order valence-corrected chi connectivity index (χ0v) is 12.7. The molecule has 1 aromatic heterocycles. The Morgan fingerprint density at radius 2 is 2.10 bits per heavy atom. The fourth-order valence-electron chi connectivity index (χ4n) is 1.81. The van der Waals surface area contributed by atoms with Crippen molar-refractivity contribution < 1.29 is 9.66 Å². The van der Waals surface area contributed by atoms with E-state index in [1.54, 1.807) is 25.3 Å². The SMILES string of the molecule is Cc1cc(CBr)cnc1Oc1c(C)cccc1[N+](=O)[O-]. The summed E-state index contributed by atoms with van der Waals surface area (Å²) in [6.45, 7) is 3.63. The Labute approximate surface area is 124 Å². The Kier molecular flexibility index (Phi) is 4.34. The Balaban J connectivity index is 2.42. The topological polar surface area (TPSA) is 65.3 Å². The van der Waals surface area contributed by atoms with Crippen LogP contribution in [-0.4, -0.2) is 9.91 Å². The number of hydrogen-bond donors (Lipinski definition) is 0. The fraction of sp³-hybridized carbons (Fsp3) is 0.214. The summed E-state index contributed by atoms with van der Waals surface area (Å²) in [6, 6.07) is 6.75. The Morgan fingerprint density at radius 1 is 1.35 bits per heavy atom. The molecule has 0 saturated heterocycles. The number of aryl methyl sites for hydroxylation is 2. The Hall–Kier alpha value is -1.95. The van der Waals surface area contributed by atoms with Gasteiger partial charge in [-0.25, -0.2) is 4.98 Å². The highest BCUT2D eigenvalue weighted by molar-refractivity contribution is 9.08. The van der Waals surface area contributed by atoms with Crippen LogP contribution in [0.1, 0.15) is 16.7 Å². The Bertz CT molecular complexity index is 659. The molecule has 0 aliphatic rings. The molecule has 0 radical (unpaired) electrons. The predicted octanol–water partition coefficient (Wildman–Crippen LogP) is 4.29. The first kappa shape index (κ1) is 14.5. The van der Waals surface area contributed by atoms with Crippen LogP contribution >= 0.6 is 15.9 Å². The van der Waals surface area contributed by atoms with Crippen molar-refractivity contribution in [1.82, 2.24) is 4.98 Å². The monoisotopic (exact) mass is 336 g/mol. The van der Waals surface area contributed by atoms with Gasteiger partial charge >= 0.3 is 5.69 Å². The van der Waals surface area contributed by atoms with Gasteiger partial charge < -0.3 is 4.74 Å². The molecular weight excluding hydrogens is 324 g/mol. The van der Waals surface area contributed by atoms with E-state index >= 15 is 0 Å². The third-order valence-corrected chi connectivity index (χ3v) is 3.48. The molecular formula is C14H13BrN2O3. The van der Waals surface area contributed by atoms with Crippen LogP contribution in [0.15, 0.2) is 30.5 Å². The highest BCUT2D eigenvalue weighted by Gasteiger charge is 2.19. The van der Waals surface area contributed by atoms with Crippen LogP contribution in [0.4, 0.5) is 5.69 Å². The molecule has 5 nitrogen and oxygen atoms in total. The molecule has 2 rings (SSSR count). The number of nitro groups is 1. The zero-order valence-electron chi connectivity index (χ0n) is 11.1. The molecule has 0 spiro atoms. The van der Waals surface area contributed by atoms with Gasteiger partial charge in [-0.15, -0.1) is 0 Å². The highest BCUT2D eigenvalue weighted by atomic mass is 79.9. The first-order valence-corrected chi connectivity index (χ1v) is 7.08. The van der Waals surface area contributed by atoms with Crippen molar-refractivity contribution in [2.24, 2.45) is 0 Å². The van der Waals surface area contributed by atoms with Gasteiger partial charge in [-0.2, -0.15) is 0 Å². The van der Waals surface area contributed by atoms with Gasteiger partial charge in [0.15, 0.2) is 0 Å². The molecule has 20 heavy (non-hydrogen) atoms. The third kappa shape index (κ3) is 2.96. The molecule has 0 N–H and O–H groups in total. The van der Waals surface area contributed by atoms with E-state index in [4.69, 9.17) is 4.74 Å². The summed E-state index contributed by atoms with van der Waals surface area (Å²) in [5, 5.41) is 11.7. The number of hydrogen-bond acceptors (Lipinski definition) is 4. The maximum Gasteiger partial charge on any atom is 0.311 e. The lowest BCUT2D eigenvalue weighted by Gasteiger charge is -2.10. The zero-order chi connectivity index (χ0) is 14.7. The molecule has 0 amide bonds. The second-order valence-electron chi connectivity index (χ2n) is 4.38. The number of alkyl halides is 1. The molecule has 0 saturated carbocycles. The summed E-state index contributed by atoms with van der Waals surface area (Å²) < 4.78 is 5.66. The van der Waals surface area contributed by atoms with Crippen molar-refractivity contribution >= 4 is 21.6 Å². The number of nitro benzene ring substituents is 1. The molecule has 6 heteroatoms. The lowest BCUT2D eigenvalue weighted by molar-refractivity contribution is -0.385. The second kappa shape index (κ2) is 6.00. The lowest BCUT2D eigenvalue weighted by Crippen LogP contribution is -1.98. The van der Waals surface area contributed by atoms with E-state index in [-0.39, 0.29) is 11.4 Å². The van der Waals surface area contributed by atoms with Crippen LogP contribution in [-0.2, 0) is 5.33 Å². The first-order chi connectivity index (χ1) is 9.52. The lowest BCUT2D eigenvalue weighted by atomic mass is 10.2. The normalized spacial score (nSPS) is 10.3. The van der Waals surface area contributed by atoms with Gasteiger partial charge in [0, 0.05) is 23.2 Å². The molecule has 1 heterocycles. The minimum atomic E-state index is -0.454. The van der Waals surface area contributed by atoms with Crippen molar-refractivity contribution in [3.05, 3.63) is 57.3 Å². The number of aromatic nitrogens is 1. The summed E-state index contributed by atoms with van der Waals surface area (Å²) >= 11 is 3.36. The Morgan fingerprint density at radius 3 is 2.70 bits per heavy atom. The minimum absolute atomic E-state index is 0.0595. The minimum Gasteiger partial charge on any atom is -0.431 e. The first-order valence-electron chi connectivity index (χ1n) is 5.96. The number of rotatable bonds is 4. The van der Waals surface area contributed by atoms with Crippen LogP contribution in [0.3, 0.4) is 0 Å². The molecule has 0 fully saturated rings. The van der Waals surface area contributed by atoms with Gasteiger partial charge in [0.1, 0.15) is 0 Å². The molecule has 0 atom stereocenters. The summed E-state index contributed by atoms with van der Waals surface area (Å²) in [5.41, 5.74) is 2.49. The smallest absolute Gasteiger partial charge is 0.311 e. The molecule has 0 unspecified atom stereocenters. The summed E-state index contributed by atoms with van der Waals surface area (Å²) in [7, 11) is 0. The van der Waals surface area contributed by atoms with Gasteiger partial charge in [0.25, 0.3) is 0 Å². The molecule has 0 bridgehead atoms. The number of nitrogens with zero attached hydrogens (tertiary/aromatic N) is 2. The standard InChI is InChI=1S/C14H13BrN2O3/c1-9-4-3-5-12(17(18)19)13(9)20-14-10(2)6-11(7-15)8-16-14/h3-6,8H,7H2,1-2H3. The quantitative estimate of drug-likeness (QED) is 0.474. The van der Waals surface area contributed by atoms with Crippen LogP contribution in [0, 0.1) is 24.0 Å². The van der Waals surface area contributed by atoms with Crippen molar-refractivity contribution in [2.45, 2.75) is 19.2 Å². The third-order valence-electron chi connectivity index (χ3n) is 2.83. The van der Waals surface area contributed by atoms with E-state index in [2.05, 4.69) is 20.9 Å². The van der Waals surface area contributed by atoms with Crippen LogP contribution < -0.4 is 4.74 Å². The molecule has 1 aromatic carbocycles. The van der Waals surface area contributed by atoms with E-state index in [0.717, 1.165) is 11.1 Å². The van der Waals surface area contributed by atoms with Crippen molar-refractivity contribution in [3.8, 4) is 11.6 Å². The van der Waals surface area contributed by atoms with E-state index in [1.807, 2.05) is 13.0 Å². The van der Waals surface area contributed by atoms with Gasteiger partial charge in [-0.1, -0.05) is 28.1 Å². The van der Waals surface area contributed by atoms with Crippen LogP contribution in [0.5, 0.6) is 11.6 Å². The van der Waals surface area contributed by atoms with Gasteiger partial charge in [0.2, 0.25) is 11.6 Å². The number of ether oxygens (including phenoxy) is 1. The fourth-order valence-corrected chi connectivity index (χ4v) is 2.12. The van der Waals surface area contributed by atoms with Crippen LogP contribution in [0.2, 0.25) is 0 Å². The van der Waals surface area contributed by atoms with Gasteiger partial charge in [0.05, 0.1) is 4.92 Å². The molecule has 2 aromatic rings. The number of halogens is 1. The maximum absolute atomic E-state index is 11.0. The molecule has 0 aliphatic heterocycles. The van der Waals surface area contributed by atoms with Gasteiger partial charge in [-0.05, 0) is 31.0 Å². The number of para-hydroxylation sites is 1. The summed E-state index contributed by atoms with van der Waals surface area (Å²) in [6.07, 6.45) is 1.68. The average molecular weight is 337 g/mol. The van der Waals surface area contributed by atoms with Crippen molar-refractivity contribution in [3.63, 3.8) is 0 Å². The molecule has 104 valence electrons. The molecule has 0 aliphatic carbocycles. The van der Waals surface area contributed by atoms with E-state index in [9.17, 15) is 10.1 Å². The summed E-state index contributed by atoms with van der Waals surface area (Å²) in [4.78, 5) is 14.8. The van der Waals surface area contributed by atoms with Crippen LogP contribution in [0.25, 0.3) is 0 Å². The van der Waals surface area contributed by atoms with E-state index in [1.165, 1.54) is 6.07 Å². The largest absolute Gasteiger partial charge is 0.431 e. The predicted molar refractivity (Wildman–Crippen MR) is 79.5 cm³/mol. The maximum atomic E-state index is 11.0. The van der Waals surface area contributed by atoms with E-state index in [0.29, 0.717) is 16.8 Å². The highest BCUT2D eigenvalue weighted by Crippen LogP contribution is 2.34.